The first-order valence-electron chi connectivity index (χ1n) is 7.78. The Morgan fingerprint density at radius 3 is 2.85 bits per heavy atom. The van der Waals surface area contributed by atoms with Gasteiger partial charge in [-0.1, -0.05) is 19.1 Å². The van der Waals surface area contributed by atoms with E-state index in [9.17, 15) is 0 Å². The molecule has 1 fully saturated rings. The summed E-state index contributed by atoms with van der Waals surface area (Å²) in [6, 6.07) is 8.88. The third kappa shape index (κ3) is 4.50. The predicted molar refractivity (Wildman–Crippen MR) is 82.2 cm³/mol. The highest BCUT2D eigenvalue weighted by molar-refractivity contribution is 5.30. The zero-order valence-electron chi connectivity index (χ0n) is 12.7. The molecule has 1 saturated heterocycles. The van der Waals surface area contributed by atoms with Crippen LogP contribution in [-0.2, 0) is 4.74 Å². The van der Waals surface area contributed by atoms with E-state index in [1.54, 1.807) is 7.11 Å². The summed E-state index contributed by atoms with van der Waals surface area (Å²) in [5.41, 5.74) is 1.34. The van der Waals surface area contributed by atoms with Gasteiger partial charge in [0.15, 0.2) is 0 Å². The maximum absolute atomic E-state index is 5.46. The van der Waals surface area contributed by atoms with Crippen LogP contribution in [0.3, 0.4) is 0 Å². The fourth-order valence-electron chi connectivity index (χ4n) is 2.83. The molecule has 2 rings (SSSR count). The van der Waals surface area contributed by atoms with Crippen LogP contribution in [0, 0.1) is 5.92 Å². The molecule has 1 aromatic rings. The van der Waals surface area contributed by atoms with Gasteiger partial charge in [0.1, 0.15) is 5.75 Å². The van der Waals surface area contributed by atoms with Gasteiger partial charge in [-0.05, 0) is 55.8 Å². The van der Waals surface area contributed by atoms with Crippen molar-refractivity contribution in [2.45, 2.75) is 38.6 Å². The Bertz CT molecular complexity index is 388. The van der Waals surface area contributed by atoms with Crippen LogP contribution < -0.4 is 10.1 Å². The van der Waals surface area contributed by atoms with E-state index in [4.69, 9.17) is 9.47 Å². The van der Waals surface area contributed by atoms with Crippen LogP contribution in [0.5, 0.6) is 5.75 Å². The standard InChI is InChI=1S/C17H27NO2/c1-3-9-18-17(12-14-7-10-20-11-8-14)15-5-4-6-16(13-15)19-2/h4-6,13-14,17-18H,3,7-12H2,1-2H3. The summed E-state index contributed by atoms with van der Waals surface area (Å²) in [5, 5.41) is 3.69. The smallest absolute Gasteiger partial charge is 0.119 e. The number of benzene rings is 1. The van der Waals surface area contributed by atoms with Gasteiger partial charge in [-0.3, -0.25) is 0 Å². The second kappa shape index (κ2) is 8.28. The van der Waals surface area contributed by atoms with Crippen molar-refractivity contribution in [3.05, 3.63) is 29.8 Å². The van der Waals surface area contributed by atoms with Gasteiger partial charge in [0.25, 0.3) is 0 Å². The predicted octanol–water partition coefficient (Wildman–Crippen LogP) is 3.55. The highest BCUT2D eigenvalue weighted by Crippen LogP contribution is 2.29. The molecule has 1 aliphatic heterocycles. The van der Waals surface area contributed by atoms with Crippen molar-refractivity contribution >= 4 is 0 Å². The molecule has 1 atom stereocenters. The Morgan fingerprint density at radius 2 is 2.15 bits per heavy atom. The molecule has 1 aliphatic rings. The van der Waals surface area contributed by atoms with Crippen LogP contribution in [-0.4, -0.2) is 26.9 Å². The van der Waals surface area contributed by atoms with Crippen molar-refractivity contribution in [3.8, 4) is 5.75 Å². The van der Waals surface area contributed by atoms with Gasteiger partial charge in [0.05, 0.1) is 7.11 Å². The molecular formula is C17H27NO2. The molecule has 3 heteroatoms. The lowest BCUT2D eigenvalue weighted by Gasteiger charge is -2.28. The van der Waals surface area contributed by atoms with Gasteiger partial charge in [0, 0.05) is 19.3 Å². The summed E-state index contributed by atoms with van der Waals surface area (Å²) in [7, 11) is 1.73. The lowest BCUT2D eigenvalue weighted by Crippen LogP contribution is -2.27. The maximum Gasteiger partial charge on any atom is 0.119 e. The number of hydrogen-bond acceptors (Lipinski definition) is 3. The molecule has 0 amide bonds. The lowest BCUT2D eigenvalue weighted by atomic mass is 9.89. The fourth-order valence-corrected chi connectivity index (χ4v) is 2.83. The first kappa shape index (κ1) is 15.3. The van der Waals surface area contributed by atoms with E-state index in [1.807, 2.05) is 6.07 Å². The van der Waals surface area contributed by atoms with Crippen LogP contribution in [0.2, 0.25) is 0 Å². The van der Waals surface area contributed by atoms with Crippen LogP contribution in [0.25, 0.3) is 0 Å². The third-order valence-electron chi connectivity index (χ3n) is 4.05. The van der Waals surface area contributed by atoms with Gasteiger partial charge in [-0.25, -0.2) is 0 Å². The Morgan fingerprint density at radius 1 is 1.35 bits per heavy atom. The summed E-state index contributed by atoms with van der Waals surface area (Å²) in [5.74, 6) is 1.71. The van der Waals surface area contributed by atoms with Crippen LogP contribution in [0.1, 0.15) is 44.2 Å². The molecule has 112 valence electrons. The number of methoxy groups -OCH3 is 1. The molecule has 0 spiro atoms. The van der Waals surface area contributed by atoms with Crippen molar-refractivity contribution in [2.24, 2.45) is 5.92 Å². The SMILES string of the molecule is CCCNC(CC1CCOCC1)c1cccc(OC)c1. The molecule has 0 saturated carbocycles. The van der Waals surface area contributed by atoms with Gasteiger partial charge in [-0.2, -0.15) is 0 Å². The van der Waals surface area contributed by atoms with Crippen molar-refractivity contribution in [1.29, 1.82) is 0 Å². The number of rotatable bonds is 7. The molecule has 0 aromatic heterocycles. The zero-order chi connectivity index (χ0) is 14.2. The molecule has 3 nitrogen and oxygen atoms in total. The summed E-state index contributed by atoms with van der Waals surface area (Å²) >= 11 is 0. The fraction of sp³-hybridized carbons (Fsp3) is 0.647. The Balaban J connectivity index is 2.04. The second-order valence-corrected chi connectivity index (χ2v) is 5.57. The van der Waals surface area contributed by atoms with Gasteiger partial charge < -0.3 is 14.8 Å². The van der Waals surface area contributed by atoms with Crippen LogP contribution >= 0.6 is 0 Å². The van der Waals surface area contributed by atoms with Crippen molar-refractivity contribution in [1.82, 2.24) is 5.32 Å². The maximum atomic E-state index is 5.46. The van der Waals surface area contributed by atoms with E-state index in [2.05, 4.69) is 30.4 Å². The van der Waals surface area contributed by atoms with E-state index in [0.717, 1.165) is 37.8 Å². The van der Waals surface area contributed by atoms with Crippen molar-refractivity contribution in [2.75, 3.05) is 26.9 Å². The highest BCUT2D eigenvalue weighted by Gasteiger charge is 2.20. The summed E-state index contributed by atoms with van der Waals surface area (Å²) in [4.78, 5) is 0. The number of ether oxygens (including phenoxy) is 2. The largest absolute Gasteiger partial charge is 0.497 e. The number of hydrogen-bond donors (Lipinski definition) is 1. The second-order valence-electron chi connectivity index (χ2n) is 5.57. The quantitative estimate of drug-likeness (QED) is 0.826. The third-order valence-corrected chi connectivity index (χ3v) is 4.05. The Labute approximate surface area is 122 Å². The van der Waals surface area contributed by atoms with E-state index in [0.29, 0.717) is 6.04 Å². The summed E-state index contributed by atoms with van der Waals surface area (Å²) in [6.45, 7) is 5.11. The van der Waals surface area contributed by atoms with Crippen molar-refractivity contribution < 1.29 is 9.47 Å². The molecule has 0 radical (unpaired) electrons. The van der Waals surface area contributed by atoms with Crippen molar-refractivity contribution in [3.63, 3.8) is 0 Å². The zero-order valence-corrected chi connectivity index (χ0v) is 12.7. The molecule has 1 heterocycles. The highest BCUT2D eigenvalue weighted by atomic mass is 16.5. The minimum atomic E-state index is 0.424. The summed E-state index contributed by atoms with van der Waals surface area (Å²) < 4.78 is 10.8. The molecule has 1 N–H and O–H groups in total. The van der Waals surface area contributed by atoms with E-state index < -0.39 is 0 Å². The topological polar surface area (TPSA) is 30.5 Å². The number of nitrogens with one attached hydrogen (secondary N) is 1. The van der Waals surface area contributed by atoms with E-state index >= 15 is 0 Å². The molecule has 0 aliphatic carbocycles. The molecule has 0 bridgehead atoms. The normalized spacial score (nSPS) is 17.9. The minimum Gasteiger partial charge on any atom is -0.497 e. The van der Waals surface area contributed by atoms with Gasteiger partial charge in [0.2, 0.25) is 0 Å². The van der Waals surface area contributed by atoms with Gasteiger partial charge >= 0.3 is 0 Å². The molecule has 1 unspecified atom stereocenters. The lowest BCUT2D eigenvalue weighted by molar-refractivity contribution is 0.0605. The van der Waals surface area contributed by atoms with Gasteiger partial charge in [-0.15, -0.1) is 0 Å². The summed E-state index contributed by atoms with van der Waals surface area (Å²) in [6.07, 6.45) is 4.73. The first-order valence-corrected chi connectivity index (χ1v) is 7.78. The minimum absolute atomic E-state index is 0.424. The van der Waals surface area contributed by atoms with Crippen LogP contribution in [0.4, 0.5) is 0 Å². The Hall–Kier alpha value is -1.06. The average Bonchev–Trinajstić information content (AvgIpc) is 2.52. The average molecular weight is 277 g/mol. The molecular weight excluding hydrogens is 250 g/mol. The monoisotopic (exact) mass is 277 g/mol. The van der Waals surface area contributed by atoms with E-state index in [1.165, 1.54) is 24.8 Å². The molecule has 20 heavy (non-hydrogen) atoms. The molecule has 1 aromatic carbocycles. The first-order chi connectivity index (χ1) is 9.83. The van der Waals surface area contributed by atoms with E-state index in [-0.39, 0.29) is 0 Å². The van der Waals surface area contributed by atoms with Crippen LogP contribution in [0.15, 0.2) is 24.3 Å². The Kier molecular flexibility index (Phi) is 6.34.